The highest BCUT2D eigenvalue weighted by Crippen LogP contribution is 2.36. The number of ether oxygens (including phenoxy) is 4. The van der Waals surface area contributed by atoms with Crippen molar-refractivity contribution in [2.75, 3.05) is 20.8 Å². The molecule has 0 spiro atoms. The Labute approximate surface area is 236 Å². The van der Waals surface area contributed by atoms with E-state index in [4.69, 9.17) is 30.4 Å². The molecular weight excluding hydrogens is 531 g/mol. The Morgan fingerprint density at radius 1 is 1.12 bits per heavy atom. The van der Waals surface area contributed by atoms with Crippen molar-refractivity contribution in [3.05, 3.63) is 94.9 Å². The molecule has 0 aliphatic carbocycles. The average Bonchev–Trinajstić information content (AvgIpc) is 3.25. The molecule has 4 rings (SSSR count). The number of fused-ring (bicyclic) bond motifs is 1. The molecule has 41 heavy (non-hydrogen) atoms. The number of benzene rings is 2. The molecule has 3 aromatic rings. The van der Waals surface area contributed by atoms with Gasteiger partial charge in [-0.1, -0.05) is 0 Å². The number of carbonyl (C=O) groups excluding carboxylic acids is 1. The topological polar surface area (TPSA) is 148 Å². The van der Waals surface area contributed by atoms with Crippen LogP contribution in [0.25, 0.3) is 5.69 Å². The number of nitrogens with one attached hydrogen (secondary N) is 1. The van der Waals surface area contributed by atoms with E-state index in [9.17, 15) is 9.18 Å². The number of methoxy groups -OCH3 is 2. The Balaban J connectivity index is 1.45. The van der Waals surface area contributed by atoms with E-state index >= 15 is 0 Å². The summed E-state index contributed by atoms with van der Waals surface area (Å²) in [6.45, 7) is 3.83. The number of hydrogen-bond acceptors (Lipinski definition) is 9. The smallest absolute Gasteiger partial charge is 0.281 e. The zero-order chi connectivity index (χ0) is 29.5. The van der Waals surface area contributed by atoms with E-state index < -0.39 is 5.91 Å². The fourth-order valence-electron chi connectivity index (χ4n) is 4.05. The van der Waals surface area contributed by atoms with Gasteiger partial charge in [-0.2, -0.15) is 5.10 Å². The third kappa shape index (κ3) is 6.85. The number of carbonyl (C=O) groups is 1. The van der Waals surface area contributed by atoms with E-state index in [-0.39, 0.29) is 29.0 Å². The summed E-state index contributed by atoms with van der Waals surface area (Å²) in [4.78, 5) is 17.4. The Kier molecular flexibility index (Phi) is 8.92. The Morgan fingerprint density at radius 3 is 2.59 bits per heavy atom. The van der Waals surface area contributed by atoms with Crippen LogP contribution < -0.4 is 31.0 Å². The molecule has 0 unspecified atom stereocenters. The van der Waals surface area contributed by atoms with Gasteiger partial charge in [0.2, 0.25) is 0 Å². The Hall–Kier alpha value is -5.26. The molecule has 0 radical (unpaired) electrons. The number of aromatic nitrogens is 2. The Bertz CT molecular complexity index is 1570. The van der Waals surface area contributed by atoms with Gasteiger partial charge in [0.1, 0.15) is 17.4 Å². The number of amides is 1. The summed E-state index contributed by atoms with van der Waals surface area (Å²) in [6, 6.07) is 7.87. The lowest BCUT2D eigenvalue weighted by molar-refractivity contribution is 0.0956. The van der Waals surface area contributed by atoms with E-state index in [1.165, 1.54) is 29.0 Å². The molecule has 5 N–H and O–H groups in total. The van der Waals surface area contributed by atoms with Crippen LogP contribution in [0.2, 0.25) is 0 Å². The minimum Gasteiger partial charge on any atom is -0.493 e. The van der Waals surface area contributed by atoms with Crippen molar-refractivity contribution >= 4 is 17.8 Å². The lowest BCUT2D eigenvalue weighted by atomic mass is 10.1. The summed E-state index contributed by atoms with van der Waals surface area (Å²) < 4.78 is 37.1. The SMILES string of the molecule is CCOc1cn(-c2ccc(F)cc2C)nc1C(=O)N/C(N)=C/C=C(\N)OC1=CC=Nc2cc(OC)c(OC)cc2C1. The van der Waals surface area contributed by atoms with E-state index in [1.54, 1.807) is 58.7 Å². The molecule has 0 saturated carbocycles. The lowest BCUT2D eigenvalue weighted by Gasteiger charge is -2.13. The number of aryl methyl sites for hydroxylation is 1. The van der Waals surface area contributed by atoms with Gasteiger partial charge in [-0.25, -0.2) is 9.07 Å². The average molecular weight is 563 g/mol. The fourth-order valence-corrected chi connectivity index (χ4v) is 4.05. The highest BCUT2D eigenvalue weighted by Gasteiger charge is 2.20. The maximum Gasteiger partial charge on any atom is 0.281 e. The van der Waals surface area contributed by atoms with Crippen LogP contribution >= 0.6 is 0 Å². The van der Waals surface area contributed by atoms with Crippen molar-refractivity contribution in [1.29, 1.82) is 0 Å². The van der Waals surface area contributed by atoms with Crippen molar-refractivity contribution in [3.63, 3.8) is 0 Å². The Morgan fingerprint density at radius 2 is 1.88 bits per heavy atom. The molecule has 0 fully saturated rings. The molecule has 1 aromatic heterocycles. The first-order chi connectivity index (χ1) is 19.7. The van der Waals surface area contributed by atoms with Gasteiger partial charge in [0, 0.05) is 24.8 Å². The molecule has 12 heteroatoms. The summed E-state index contributed by atoms with van der Waals surface area (Å²) in [7, 11) is 3.12. The molecule has 214 valence electrons. The maximum absolute atomic E-state index is 13.6. The molecule has 1 aliphatic heterocycles. The number of aliphatic imine (C=N–C) groups is 1. The molecule has 0 saturated heterocycles. The number of halogens is 1. The largest absolute Gasteiger partial charge is 0.493 e. The van der Waals surface area contributed by atoms with Gasteiger partial charge >= 0.3 is 0 Å². The predicted octanol–water partition coefficient (Wildman–Crippen LogP) is 3.92. The number of hydrogen-bond donors (Lipinski definition) is 3. The van der Waals surface area contributed by atoms with Crippen molar-refractivity contribution in [3.8, 4) is 22.9 Å². The number of rotatable bonds is 10. The number of nitrogens with zero attached hydrogens (tertiary/aromatic N) is 3. The van der Waals surface area contributed by atoms with Gasteiger partial charge in [0.25, 0.3) is 5.91 Å². The molecule has 2 heterocycles. The molecular formula is C29H31FN6O5. The predicted molar refractivity (Wildman–Crippen MR) is 152 cm³/mol. The molecule has 1 aliphatic rings. The quantitative estimate of drug-likeness (QED) is 0.249. The summed E-state index contributed by atoms with van der Waals surface area (Å²) in [5, 5.41) is 6.89. The number of nitrogens with two attached hydrogens (primary N) is 2. The van der Waals surface area contributed by atoms with Gasteiger partial charge in [-0.05, 0) is 61.4 Å². The van der Waals surface area contributed by atoms with Crippen LogP contribution in [0.1, 0.15) is 28.5 Å². The normalized spacial score (nSPS) is 13.1. The van der Waals surface area contributed by atoms with Crippen LogP contribution in [0, 0.1) is 12.7 Å². The van der Waals surface area contributed by atoms with E-state index in [0.717, 1.165) is 11.3 Å². The first-order valence-electron chi connectivity index (χ1n) is 12.6. The lowest BCUT2D eigenvalue weighted by Crippen LogP contribution is -2.28. The second kappa shape index (κ2) is 12.7. The molecule has 2 aromatic carbocycles. The third-order valence-electron chi connectivity index (χ3n) is 5.96. The first-order valence-corrected chi connectivity index (χ1v) is 12.6. The van der Waals surface area contributed by atoms with Gasteiger partial charge in [-0.3, -0.25) is 9.79 Å². The highest BCUT2D eigenvalue weighted by atomic mass is 19.1. The molecule has 0 atom stereocenters. The van der Waals surface area contributed by atoms with Crippen molar-refractivity contribution < 1.29 is 28.1 Å². The third-order valence-corrected chi connectivity index (χ3v) is 5.96. The molecule has 1 amide bonds. The minimum atomic E-state index is -0.600. The first kappa shape index (κ1) is 28.7. The van der Waals surface area contributed by atoms with E-state index in [0.29, 0.717) is 41.5 Å². The zero-order valence-electron chi connectivity index (χ0n) is 23.1. The van der Waals surface area contributed by atoms with Crippen LogP contribution in [0.15, 0.2) is 77.2 Å². The van der Waals surface area contributed by atoms with E-state index in [1.807, 2.05) is 6.07 Å². The summed E-state index contributed by atoms with van der Waals surface area (Å²) in [6.07, 6.45) is 8.06. The van der Waals surface area contributed by atoms with Crippen molar-refractivity contribution in [1.82, 2.24) is 15.1 Å². The van der Waals surface area contributed by atoms with Crippen LogP contribution in [0.3, 0.4) is 0 Å². The highest BCUT2D eigenvalue weighted by molar-refractivity contribution is 5.96. The van der Waals surface area contributed by atoms with Crippen LogP contribution in [0.4, 0.5) is 10.1 Å². The van der Waals surface area contributed by atoms with Gasteiger partial charge in [-0.15, -0.1) is 0 Å². The summed E-state index contributed by atoms with van der Waals surface area (Å²) in [5.41, 5.74) is 14.9. The monoisotopic (exact) mass is 562 g/mol. The van der Waals surface area contributed by atoms with Gasteiger partial charge in [0.05, 0.1) is 38.4 Å². The second-order valence-corrected chi connectivity index (χ2v) is 8.82. The summed E-state index contributed by atoms with van der Waals surface area (Å²) >= 11 is 0. The maximum atomic E-state index is 13.6. The van der Waals surface area contributed by atoms with Crippen LogP contribution in [-0.4, -0.2) is 42.7 Å². The number of allylic oxidation sites excluding steroid dienone is 4. The fraction of sp³-hybridized carbons (Fsp3) is 0.207. The standard InChI is InChI=1S/C29H31FN6O5/c1-5-40-25-16-36(22-7-6-19(30)12-17(22)2)35-28(25)29(37)34-26(31)8-9-27(32)41-20-10-11-33-21-15-24(39-4)23(38-3)14-18(21)13-20/h6-12,14-16H,5,13,31-32H2,1-4H3,(H,34,37)/b26-8+,27-9+. The van der Waals surface area contributed by atoms with Crippen LogP contribution in [0.5, 0.6) is 17.2 Å². The molecule has 11 nitrogen and oxygen atoms in total. The minimum absolute atomic E-state index is 0.00454. The molecule has 0 bridgehead atoms. The van der Waals surface area contributed by atoms with Crippen LogP contribution in [-0.2, 0) is 11.2 Å². The summed E-state index contributed by atoms with van der Waals surface area (Å²) in [5.74, 6) is 0.987. The van der Waals surface area contributed by atoms with Crippen molar-refractivity contribution in [2.24, 2.45) is 16.5 Å². The second-order valence-electron chi connectivity index (χ2n) is 8.82. The zero-order valence-corrected chi connectivity index (χ0v) is 23.1. The van der Waals surface area contributed by atoms with E-state index in [2.05, 4.69) is 15.4 Å². The van der Waals surface area contributed by atoms with Gasteiger partial charge in [0.15, 0.2) is 28.8 Å². The van der Waals surface area contributed by atoms with Crippen molar-refractivity contribution in [2.45, 2.75) is 20.3 Å². The van der Waals surface area contributed by atoms with Gasteiger partial charge < -0.3 is 35.7 Å².